The average molecular weight is 437 g/mol. The SMILES string of the molecule is Cc1cc(C#N)cnc1OC(=O)Nc1cc(F)c(F)c([C@]2(C(F)F)COCC(N)=N2)c1. The van der Waals surface area contributed by atoms with Crippen LogP contribution in [0.1, 0.15) is 16.7 Å². The van der Waals surface area contributed by atoms with E-state index in [2.05, 4.69) is 15.3 Å². The van der Waals surface area contributed by atoms with Gasteiger partial charge < -0.3 is 15.2 Å². The summed E-state index contributed by atoms with van der Waals surface area (Å²) in [6.07, 6.45) is -3.26. The lowest BCUT2D eigenvalue weighted by atomic mass is 9.89. The van der Waals surface area contributed by atoms with Crippen LogP contribution in [-0.4, -0.2) is 36.6 Å². The van der Waals surface area contributed by atoms with Crippen molar-refractivity contribution in [2.45, 2.75) is 18.9 Å². The maximum absolute atomic E-state index is 14.5. The van der Waals surface area contributed by atoms with Crippen molar-refractivity contribution in [2.24, 2.45) is 10.7 Å². The van der Waals surface area contributed by atoms with Crippen molar-refractivity contribution in [3.63, 3.8) is 0 Å². The molecule has 0 saturated carbocycles. The van der Waals surface area contributed by atoms with Gasteiger partial charge in [-0.1, -0.05) is 0 Å². The highest BCUT2D eigenvalue weighted by molar-refractivity contribution is 5.86. The number of hydrogen-bond acceptors (Lipinski definition) is 7. The van der Waals surface area contributed by atoms with Crippen LogP contribution in [-0.2, 0) is 10.3 Å². The van der Waals surface area contributed by atoms with E-state index in [1.807, 2.05) is 6.07 Å². The number of rotatable bonds is 4. The molecule has 12 heteroatoms. The molecule has 0 spiro atoms. The van der Waals surface area contributed by atoms with Crippen LogP contribution < -0.4 is 15.8 Å². The zero-order chi connectivity index (χ0) is 22.8. The highest BCUT2D eigenvalue weighted by Gasteiger charge is 2.47. The van der Waals surface area contributed by atoms with Gasteiger partial charge >= 0.3 is 6.09 Å². The predicted molar refractivity (Wildman–Crippen MR) is 99.8 cm³/mol. The molecule has 1 atom stereocenters. The van der Waals surface area contributed by atoms with Gasteiger partial charge in [0.05, 0.1) is 12.2 Å². The van der Waals surface area contributed by atoms with E-state index in [-0.39, 0.29) is 29.6 Å². The second kappa shape index (κ2) is 8.57. The molecule has 162 valence electrons. The Labute approximate surface area is 173 Å². The summed E-state index contributed by atoms with van der Waals surface area (Å²) in [6.45, 7) is 0.549. The molecule has 3 N–H and O–H groups in total. The second-order valence-electron chi connectivity index (χ2n) is 6.61. The molecule has 3 rings (SSSR count). The van der Waals surface area contributed by atoms with Gasteiger partial charge in [0.25, 0.3) is 6.43 Å². The van der Waals surface area contributed by atoms with E-state index in [1.165, 1.54) is 19.2 Å². The topological polar surface area (TPSA) is 123 Å². The standard InChI is InChI=1S/C19H15F4N5O3/c1-9-2-10(5-24)6-26-16(9)31-18(29)27-11-3-12(15(21)13(20)4-11)19(17(22)23)8-30-7-14(25)28-19/h2-4,6,17H,7-8H2,1H3,(H2,25,28)(H,27,29)/t19-/m0/s1. The Morgan fingerprint density at radius 3 is 2.74 bits per heavy atom. The van der Waals surface area contributed by atoms with Crippen LogP contribution in [0.2, 0.25) is 0 Å². The van der Waals surface area contributed by atoms with Crippen molar-refractivity contribution in [3.05, 3.63) is 52.7 Å². The Hall–Kier alpha value is -3.72. The van der Waals surface area contributed by atoms with Crippen LogP contribution in [0, 0.1) is 29.9 Å². The molecule has 1 aliphatic rings. The number of carbonyl (C=O) groups is 1. The molecular formula is C19H15F4N5O3. The Balaban J connectivity index is 1.92. The molecule has 2 aromatic rings. The average Bonchev–Trinajstić information content (AvgIpc) is 2.71. The van der Waals surface area contributed by atoms with Gasteiger partial charge in [0.1, 0.15) is 18.5 Å². The number of halogens is 4. The second-order valence-corrected chi connectivity index (χ2v) is 6.61. The van der Waals surface area contributed by atoms with Gasteiger partial charge in [0, 0.05) is 29.1 Å². The van der Waals surface area contributed by atoms with Gasteiger partial charge in [-0.05, 0) is 19.1 Å². The normalized spacial score (nSPS) is 18.3. The number of amides is 1. The zero-order valence-corrected chi connectivity index (χ0v) is 16.0. The van der Waals surface area contributed by atoms with Crippen molar-refractivity contribution in [3.8, 4) is 11.9 Å². The first-order valence-electron chi connectivity index (χ1n) is 8.71. The summed E-state index contributed by atoms with van der Waals surface area (Å²) in [4.78, 5) is 19.6. The lowest BCUT2D eigenvalue weighted by molar-refractivity contribution is -0.0148. The number of nitrogens with two attached hydrogens (primary N) is 1. The number of amidine groups is 1. The maximum Gasteiger partial charge on any atom is 0.418 e. The molecule has 0 saturated heterocycles. The van der Waals surface area contributed by atoms with Crippen LogP contribution >= 0.6 is 0 Å². The van der Waals surface area contributed by atoms with Crippen LogP contribution in [0.15, 0.2) is 29.4 Å². The quantitative estimate of drug-likeness (QED) is 0.709. The summed E-state index contributed by atoms with van der Waals surface area (Å²) in [5.74, 6) is -3.53. The smallest absolute Gasteiger partial charge is 0.391 e. The van der Waals surface area contributed by atoms with Crippen molar-refractivity contribution in [1.82, 2.24) is 4.98 Å². The van der Waals surface area contributed by atoms with E-state index < -0.39 is 41.9 Å². The summed E-state index contributed by atoms with van der Waals surface area (Å²) in [7, 11) is 0. The monoisotopic (exact) mass is 437 g/mol. The molecule has 31 heavy (non-hydrogen) atoms. The number of hydrogen-bond donors (Lipinski definition) is 2. The minimum atomic E-state index is -3.28. The number of nitrogens with one attached hydrogen (secondary N) is 1. The number of anilines is 1. The molecule has 1 amide bonds. The van der Waals surface area contributed by atoms with Crippen LogP contribution in [0.25, 0.3) is 0 Å². The fraction of sp³-hybridized carbons (Fsp3) is 0.263. The predicted octanol–water partition coefficient (Wildman–Crippen LogP) is 3.00. The van der Waals surface area contributed by atoms with E-state index in [1.54, 1.807) is 0 Å². The first-order valence-corrected chi connectivity index (χ1v) is 8.71. The van der Waals surface area contributed by atoms with E-state index in [0.717, 1.165) is 6.07 Å². The molecule has 0 unspecified atom stereocenters. The number of carbonyl (C=O) groups excluding carboxylic acids is 1. The van der Waals surface area contributed by atoms with E-state index in [9.17, 15) is 22.4 Å². The number of pyridine rings is 1. The fourth-order valence-electron chi connectivity index (χ4n) is 2.94. The Bertz CT molecular complexity index is 1100. The number of benzene rings is 1. The third-order valence-corrected chi connectivity index (χ3v) is 4.37. The third kappa shape index (κ3) is 4.41. The lowest BCUT2D eigenvalue weighted by Crippen LogP contribution is -2.45. The van der Waals surface area contributed by atoms with E-state index in [4.69, 9.17) is 20.5 Å². The molecule has 1 aliphatic heterocycles. The molecule has 8 nitrogen and oxygen atoms in total. The molecule has 1 aromatic carbocycles. The minimum absolute atomic E-state index is 0.138. The van der Waals surface area contributed by atoms with Gasteiger partial charge in [-0.3, -0.25) is 10.3 Å². The minimum Gasteiger partial charge on any atom is -0.391 e. The maximum atomic E-state index is 14.5. The fourth-order valence-corrected chi connectivity index (χ4v) is 2.94. The number of nitriles is 1. The van der Waals surface area contributed by atoms with Crippen LogP contribution in [0.3, 0.4) is 0 Å². The number of aromatic nitrogens is 1. The molecule has 0 aliphatic carbocycles. The number of aryl methyl sites for hydroxylation is 1. The summed E-state index contributed by atoms with van der Waals surface area (Å²) >= 11 is 0. The van der Waals surface area contributed by atoms with Crippen LogP contribution in [0.4, 0.5) is 28.0 Å². The molecule has 2 heterocycles. The van der Waals surface area contributed by atoms with Crippen molar-refractivity contribution in [2.75, 3.05) is 18.5 Å². The Morgan fingerprint density at radius 2 is 2.13 bits per heavy atom. The largest absolute Gasteiger partial charge is 0.418 e. The van der Waals surface area contributed by atoms with Crippen molar-refractivity contribution >= 4 is 17.6 Å². The third-order valence-electron chi connectivity index (χ3n) is 4.37. The number of alkyl halides is 2. The summed E-state index contributed by atoms with van der Waals surface area (Å²) in [5, 5.41) is 11.0. The first kappa shape index (κ1) is 22.0. The lowest BCUT2D eigenvalue weighted by Gasteiger charge is -2.33. The van der Waals surface area contributed by atoms with Gasteiger partial charge in [0.2, 0.25) is 5.88 Å². The molecule has 0 bridgehead atoms. The first-order chi connectivity index (χ1) is 14.7. The molecule has 1 aromatic heterocycles. The summed E-state index contributed by atoms with van der Waals surface area (Å²) in [5.41, 5.74) is 2.28. The van der Waals surface area contributed by atoms with Gasteiger partial charge in [-0.2, -0.15) is 5.26 Å². The van der Waals surface area contributed by atoms with E-state index >= 15 is 0 Å². The Kier molecular flexibility index (Phi) is 6.07. The van der Waals surface area contributed by atoms with Crippen LogP contribution in [0.5, 0.6) is 5.88 Å². The van der Waals surface area contributed by atoms with Crippen molar-refractivity contribution < 1.29 is 31.8 Å². The molecule has 0 radical (unpaired) electrons. The van der Waals surface area contributed by atoms with Crippen molar-refractivity contribution in [1.29, 1.82) is 5.26 Å². The van der Waals surface area contributed by atoms with Gasteiger partial charge in [-0.25, -0.2) is 27.3 Å². The number of ether oxygens (including phenoxy) is 2. The number of nitrogens with zero attached hydrogens (tertiary/aromatic N) is 3. The van der Waals surface area contributed by atoms with E-state index in [0.29, 0.717) is 11.6 Å². The Morgan fingerprint density at radius 1 is 1.39 bits per heavy atom. The number of aliphatic imine (C=N–C) groups is 1. The zero-order valence-electron chi connectivity index (χ0n) is 16.0. The van der Waals surface area contributed by atoms with Gasteiger partial charge in [-0.15, -0.1) is 0 Å². The highest BCUT2D eigenvalue weighted by Crippen LogP contribution is 2.38. The summed E-state index contributed by atoms with van der Waals surface area (Å²) < 4.78 is 66.3. The highest BCUT2D eigenvalue weighted by atomic mass is 19.3. The molecular weight excluding hydrogens is 422 g/mol. The summed E-state index contributed by atoms with van der Waals surface area (Å²) in [6, 6.07) is 4.68. The van der Waals surface area contributed by atoms with Gasteiger partial charge in [0.15, 0.2) is 17.2 Å². The molecule has 0 fully saturated rings.